The number of carboxylic acid groups (broad SMARTS) is 2. The van der Waals surface area contributed by atoms with Gasteiger partial charge < -0.3 is 50.4 Å². The minimum absolute atomic E-state index is 0. The smallest absolute Gasteiger partial charge is 0.550 e. The van der Waals surface area contributed by atoms with Gasteiger partial charge in [-0.25, -0.2) is 0 Å². The van der Waals surface area contributed by atoms with E-state index in [9.17, 15) is 0 Å². The standard InChI is InChI=1S/2C2H4O2.2Cu.2NO3/c2*1-2(3)4;;;2*2-1(3)4/h2*1H3,(H,3,4);;;;/q;;2*+2;2*-1/p-2. The first-order valence-electron chi connectivity index (χ1n) is 2.91. The molecular weight excluding hydrogens is 363 g/mol. The molecule has 18 heavy (non-hydrogen) atoms. The van der Waals surface area contributed by atoms with Gasteiger partial charge in [-0.3, -0.25) is 0 Å². The van der Waals surface area contributed by atoms with Crippen LogP contribution < -0.4 is 10.2 Å². The molecule has 0 spiro atoms. The Morgan fingerprint density at radius 1 is 0.722 bits per heavy atom. The van der Waals surface area contributed by atoms with Gasteiger partial charge in [-0.1, -0.05) is 0 Å². The first-order valence-corrected chi connectivity index (χ1v) is 2.91. The van der Waals surface area contributed by atoms with E-state index in [0.717, 1.165) is 13.8 Å². The monoisotopic (exact) mass is 368 g/mol. The molecule has 114 valence electrons. The molecule has 0 aromatic heterocycles. The third-order valence-electron chi connectivity index (χ3n) is 0. The Kier molecular flexibility index (Phi) is 59.0. The summed E-state index contributed by atoms with van der Waals surface area (Å²) in [4.78, 5) is 34.3. The summed E-state index contributed by atoms with van der Waals surface area (Å²) in [6, 6.07) is 0. The van der Waals surface area contributed by atoms with Gasteiger partial charge in [-0.2, -0.15) is 0 Å². The van der Waals surface area contributed by atoms with Gasteiger partial charge in [0.05, 0.1) is 10.2 Å². The number of rotatable bonds is 0. The summed E-state index contributed by atoms with van der Waals surface area (Å²) in [7, 11) is 0. The summed E-state index contributed by atoms with van der Waals surface area (Å²) < 4.78 is 0. The number of aliphatic carboxylic acids is 2. The van der Waals surface area contributed by atoms with Crippen LogP contribution in [-0.2, 0) is 43.7 Å². The van der Waals surface area contributed by atoms with Crippen molar-refractivity contribution in [3.63, 3.8) is 0 Å². The molecule has 14 heteroatoms. The van der Waals surface area contributed by atoms with Gasteiger partial charge in [0.25, 0.3) is 0 Å². The van der Waals surface area contributed by atoms with Crippen LogP contribution in [0.2, 0.25) is 0 Å². The van der Waals surface area contributed by atoms with Crippen molar-refractivity contribution >= 4 is 11.9 Å². The van der Waals surface area contributed by atoms with Crippen molar-refractivity contribution in [2.24, 2.45) is 0 Å². The summed E-state index contributed by atoms with van der Waals surface area (Å²) in [6.45, 7) is 1.94. The molecule has 0 aliphatic carbocycles. The van der Waals surface area contributed by atoms with E-state index >= 15 is 0 Å². The second-order valence-electron chi connectivity index (χ2n) is 1.43. The van der Waals surface area contributed by atoms with E-state index in [1.807, 2.05) is 0 Å². The number of hydrogen-bond donors (Lipinski definition) is 0. The van der Waals surface area contributed by atoms with Crippen LogP contribution in [-0.4, -0.2) is 22.1 Å². The van der Waals surface area contributed by atoms with E-state index < -0.39 is 22.1 Å². The van der Waals surface area contributed by atoms with Gasteiger partial charge in [0.15, 0.2) is 0 Å². The van der Waals surface area contributed by atoms with Crippen molar-refractivity contribution in [2.45, 2.75) is 13.8 Å². The summed E-state index contributed by atoms with van der Waals surface area (Å²) in [6.07, 6.45) is 0. The van der Waals surface area contributed by atoms with E-state index in [4.69, 9.17) is 50.4 Å². The van der Waals surface area contributed by atoms with E-state index in [1.165, 1.54) is 0 Å². The summed E-state index contributed by atoms with van der Waals surface area (Å²) in [5.41, 5.74) is 0. The van der Waals surface area contributed by atoms with Gasteiger partial charge in [-0.15, -0.1) is 0 Å². The maximum absolute atomic E-state index is 8.89. The average Bonchev–Trinajstić information content (AvgIpc) is 1.76. The minimum Gasteiger partial charge on any atom is -0.550 e. The van der Waals surface area contributed by atoms with Crippen molar-refractivity contribution in [1.82, 2.24) is 0 Å². The second-order valence-corrected chi connectivity index (χ2v) is 1.43. The van der Waals surface area contributed by atoms with Crippen LogP contribution in [0.5, 0.6) is 0 Å². The molecule has 0 aromatic carbocycles. The fourth-order valence-electron chi connectivity index (χ4n) is 0. The quantitative estimate of drug-likeness (QED) is 0.240. The molecule has 0 rings (SSSR count). The van der Waals surface area contributed by atoms with Crippen LogP contribution >= 0.6 is 0 Å². The van der Waals surface area contributed by atoms with Crippen LogP contribution in [0.4, 0.5) is 0 Å². The van der Waals surface area contributed by atoms with Crippen molar-refractivity contribution in [3.05, 3.63) is 30.6 Å². The van der Waals surface area contributed by atoms with Crippen molar-refractivity contribution in [3.8, 4) is 0 Å². The molecule has 0 saturated heterocycles. The van der Waals surface area contributed by atoms with Crippen LogP contribution in [0.3, 0.4) is 0 Å². The molecule has 12 nitrogen and oxygen atoms in total. The first kappa shape index (κ1) is 36.0. The molecule has 0 atom stereocenters. The molecule has 0 N–H and O–H groups in total. The molecule has 2 radical (unpaired) electrons. The Morgan fingerprint density at radius 3 is 0.722 bits per heavy atom. The molecule has 0 fully saturated rings. The molecule has 0 amide bonds. The predicted molar refractivity (Wildman–Crippen MR) is 42.1 cm³/mol. The Balaban J connectivity index is -0.0000000257. The largest absolute Gasteiger partial charge is 2.00 e. The van der Waals surface area contributed by atoms with E-state index in [-0.39, 0.29) is 34.1 Å². The fourth-order valence-corrected chi connectivity index (χ4v) is 0. The third-order valence-corrected chi connectivity index (χ3v) is 0. The van der Waals surface area contributed by atoms with E-state index in [1.54, 1.807) is 0 Å². The maximum Gasteiger partial charge on any atom is 2.00 e. The molecule has 0 saturated carbocycles. The Morgan fingerprint density at radius 2 is 0.722 bits per heavy atom. The van der Waals surface area contributed by atoms with Crippen molar-refractivity contribution in [1.29, 1.82) is 0 Å². The predicted octanol–water partition coefficient (Wildman–Crippen LogP) is -2.97. The third kappa shape index (κ3) is 979. The SMILES string of the molecule is CC(=O)[O-].CC(=O)[O-].O=[N+]([O-])[O-].O=[N+]([O-])[O-].[Cu+2].[Cu+2]. The molecule has 0 heterocycles. The van der Waals surface area contributed by atoms with Gasteiger partial charge >= 0.3 is 34.1 Å². The van der Waals surface area contributed by atoms with Crippen molar-refractivity contribution < 1.29 is 64.1 Å². The zero-order valence-corrected chi connectivity index (χ0v) is 10.5. The molecule has 0 aliphatic rings. The van der Waals surface area contributed by atoms with E-state index in [0.29, 0.717) is 0 Å². The summed E-state index contributed by atoms with van der Waals surface area (Å²) in [5.74, 6) is -2.17. The van der Waals surface area contributed by atoms with Crippen molar-refractivity contribution in [2.75, 3.05) is 0 Å². The van der Waals surface area contributed by atoms with Gasteiger partial charge in [0, 0.05) is 11.9 Å². The minimum atomic E-state index is -1.75. The van der Waals surface area contributed by atoms with Crippen LogP contribution in [0.25, 0.3) is 0 Å². The normalized spacial score (nSPS) is 5.44. The Bertz CT molecular complexity index is 170. The molecule has 0 aliphatic heterocycles. The molecule has 0 unspecified atom stereocenters. The zero-order chi connectivity index (χ0) is 14.3. The molecule has 0 aromatic rings. The Labute approximate surface area is 121 Å². The molecule has 0 bridgehead atoms. The van der Waals surface area contributed by atoms with E-state index in [2.05, 4.69) is 0 Å². The average molecular weight is 369 g/mol. The number of carbonyl (C=O) groups is 2. The van der Waals surface area contributed by atoms with Gasteiger partial charge in [-0.05, 0) is 13.8 Å². The summed E-state index contributed by atoms with van der Waals surface area (Å²) >= 11 is 0. The number of carbonyl (C=O) groups excluding carboxylic acids is 2. The Hall–Kier alpha value is -1.62. The maximum atomic E-state index is 8.89. The van der Waals surface area contributed by atoms with Crippen LogP contribution in [0.1, 0.15) is 13.8 Å². The van der Waals surface area contributed by atoms with Crippen LogP contribution in [0.15, 0.2) is 0 Å². The number of nitrogens with zero attached hydrogens (tertiary/aromatic N) is 2. The van der Waals surface area contributed by atoms with Crippen LogP contribution in [0, 0.1) is 30.6 Å². The topological polar surface area (TPSA) is 213 Å². The van der Waals surface area contributed by atoms with Gasteiger partial charge in [0.1, 0.15) is 0 Å². The zero-order valence-electron chi connectivity index (χ0n) is 8.58. The molecular formula is C4H6Cu2N2O10. The first-order chi connectivity index (χ1) is 6.93. The fraction of sp³-hybridized carbons (Fsp3) is 0.500. The summed E-state index contributed by atoms with van der Waals surface area (Å²) in [5, 5.41) is 47.3. The number of hydrogen-bond acceptors (Lipinski definition) is 10. The second kappa shape index (κ2) is 29.5. The number of carboxylic acids is 2. The van der Waals surface area contributed by atoms with Gasteiger partial charge in [0.2, 0.25) is 0 Å².